The van der Waals surface area contributed by atoms with E-state index >= 15 is 0 Å². The molecule has 0 spiro atoms. The third-order valence-corrected chi connectivity index (χ3v) is 5.00. The summed E-state index contributed by atoms with van der Waals surface area (Å²) in [5.74, 6) is -1.17. The first-order chi connectivity index (χ1) is 9.73. The lowest BCUT2D eigenvalue weighted by Crippen LogP contribution is -2.48. The van der Waals surface area contributed by atoms with E-state index in [-0.39, 0.29) is 25.3 Å². The molecule has 0 aliphatic carbocycles. The Morgan fingerprint density at radius 3 is 2.43 bits per heavy atom. The van der Waals surface area contributed by atoms with Crippen LogP contribution in [0.1, 0.15) is 13.8 Å². The number of hydrogen-bond acceptors (Lipinski definition) is 5. The molecule has 2 atom stereocenters. The van der Waals surface area contributed by atoms with E-state index in [2.05, 4.69) is 0 Å². The van der Waals surface area contributed by atoms with Crippen molar-refractivity contribution in [2.45, 2.75) is 31.0 Å². The van der Waals surface area contributed by atoms with E-state index in [9.17, 15) is 22.9 Å². The molecule has 1 fully saturated rings. The van der Waals surface area contributed by atoms with Crippen LogP contribution in [0.25, 0.3) is 0 Å². The highest BCUT2D eigenvalue weighted by atomic mass is 32.2. The second-order valence-electron chi connectivity index (χ2n) is 4.92. The second-order valence-corrected chi connectivity index (χ2v) is 6.83. The maximum absolute atomic E-state index is 13.6. The first-order valence-corrected chi connectivity index (χ1v) is 7.76. The maximum Gasteiger partial charge on any atom is 0.324 e. The number of nitrogens with zero attached hydrogens (tertiary/aromatic N) is 2. The van der Waals surface area contributed by atoms with Gasteiger partial charge in [-0.25, -0.2) is 8.42 Å². The highest BCUT2D eigenvalue weighted by Crippen LogP contribution is 2.30. The minimum absolute atomic E-state index is 0.0698. The Hall–Kier alpha value is -1.58. The molecule has 2 rings (SSSR count). The van der Waals surface area contributed by atoms with Gasteiger partial charge in [-0.05, 0) is 26.0 Å². The van der Waals surface area contributed by atoms with E-state index in [4.69, 9.17) is 4.74 Å². The molecule has 116 valence electrons. The number of morpholine rings is 1. The van der Waals surface area contributed by atoms with Gasteiger partial charge in [-0.2, -0.15) is 8.70 Å². The van der Waals surface area contributed by atoms with E-state index in [0.29, 0.717) is 0 Å². The van der Waals surface area contributed by atoms with Crippen molar-refractivity contribution in [3.05, 3.63) is 34.1 Å². The van der Waals surface area contributed by atoms with Gasteiger partial charge in [0.2, 0.25) is 15.8 Å². The first-order valence-electron chi connectivity index (χ1n) is 6.32. The SMILES string of the molecule is C[C@@H]1CN(S(=O)(=O)c2cccc(F)c2[N+](=O)[O-])C[C@H](C)O1. The van der Waals surface area contributed by atoms with E-state index in [1.54, 1.807) is 13.8 Å². The summed E-state index contributed by atoms with van der Waals surface area (Å²) in [5, 5.41) is 11.0. The molecule has 0 aromatic heterocycles. The largest absolute Gasteiger partial charge is 0.373 e. The molecule has 21 heavy (non-hydrogen) atoms. The average molecular weight is 318 g/mol. The fourth-order valence-electron chi connectivity index (χ4n) is 2.35. The number of hydrogen-bond donors (Lipinski definition) is 0. The molecule has 1 saturated heterocycles. The lowest BCUT2D eigenvalue weighted by atomic mass is 10.3. The van der Waals surface area contributed by atoms with Gasteiger partial charge >= 0.3 is 5.69 Å². The molecule has 1 aliphatic rings. The molecule has 0 bridgehead atoms. The Morgan fingerprint density at radius 1 is 1.33 bits per heavy atom. The van der Waals surface area contributed by atoms with Gasteiger partial charge in [0.25, 0.3) is 0 Å². The van der Waals surface area contributed by atoms with Gasteiger partial charge in [-0.15, -0.1) is 0 Å². The van der Waals surface area contributed by atoms with Crippen LogP contribution in [-0.2, 0) is 14.8 Å². The summed E-state index contributed by atoms with van der Waals surface area (Å²) >= 11 is 0. The van der Waals surface area contributed by atoms with Crippen LogP contribution >= 0.6 is 0 Å². The molecule has 1 aromatic carbocycles. The van der Waals surface area contributed by atoms with Gasteiger partial charge in [-0.1, -0.05) is 6.07 Å². The van der Waals surface area contributed by atoms with Crippen molar-refractivity contribution in [2.24, 2.45) is 0 Å². The molecule has 1 heterocycles. The fourth-order valence-corrected chi connectivity index (χ4v) is 4.10. The zero-order chi connectivity index (χ0) is 15.8. The minimum atomic E-state index is -4.15. The molecule has 1 aliphatic heterocycles. The highest BCUT2D eigenvalue weighted by molar-refractivity contribution is 7.89. The monoisotopic (exact) mass is 318 g/mol. The van der Waals surface area contributed by atoms with Crippen molar-refractivity contribution < 1.29 is 22.5 Å². The Balaban J connectivity index is 2.50. The third-order valence-electron chi connectivity index (χ3n) is 3.14. The molecule has 9 heteroatoms. The lowest BCUT2D eigenvalue weighted by molar-refractivity contribution is -0.390. The summed E-state index contributed by atoms with van der Waals surface area (Å²) < 4.78 is 45.2. The van der Waals surface area contributed by atoms with Crippen LogP contribution in [0.15, 0.2) is 23.1 Å². The molecule has 7 nitrogen and oxygen atoms in total. The molecule has 0 radical (unpaired) electrons. The topological polar surface area (TPSA) is 89.8 Å². The molecule has 1 aromatic rings. The molecule has 0 amide bonds. The highest BCUT2D eigenvalue weighted by Gasteiger charge is 2.37. The smallest absolute Gasteiger partial charge is 0.324 e. The number of sulfonamides is 1. The van der Waals surface area contributed by atoms with Gasteiger partial charge in [0.05, 0.1) is 17.1 Å². The van der Waals surface area contributed by atoms with Crippen LogP contribution in [0.4, 0.5) is 10.1 Å². The van der Waals surface area contributed by atoms with Gasteiger partial charge in [-0.3, -0.25) is 10.1 Å². The zero-order valence-electron chi connectivity index (χ0n) is 11.5. The Kier molecular flexibility index (Phi) is 4.26. The van der Waals surface area contributed by atoms with E-state index in [1.165, 1.54) is 0 Å². The van der Waals surface area contributed by atoms with Gasteiger partial charge in [0, 0.05) is 13.1 Å². The summed E-state index contributed by atoms with van der Waals surface area (Å²) in [6.45, 7) is 3.55. The van der Waals surface area contributed by atoms with Crippen molar-refractivity contribution in [3.63, 3.8) is 0 Å². The average Bonchev–Trinajstić information content (AvgIpc) is 2.36. The Labute approximate surface area is 121 Å². The molecular weight excluding hydrogens is 303 g/mol. The predicted octanol–water partition coefficient (Wildman–Crippen LogP) is 1.53. The standard InChI is InChI=1S/C12H15FN2O5S/c1-8-6-14(7-9(2)20-8)21(18,19)11-5-3-4-10(13)12(11)15(16)17/h3-5,8-9H,6-7H2,1-2H3/t8-,9+. The van der Waals surface area contributed by atoms with Crippen LogP contribution in [0.5, 0.6) is 0 Å². The number of benzene rings is 1. The summed E-state index contributed by atoms with van der Waals surface area (Å²) in [4.78, 5) is 9.31. The summed E-state index contributed by atoms with van der Waals surface area (Å²) in [6, 6.07) is 3.05. The summed E-state index contributed by atoms with van der Waals surface area (Å²) in [6.07, 6.45) is -0.674. The van der Waals surface area contributed by atoms with Crippen LogP contribution < -0.4 is 0 Å². The van der Waals surface area contributed by atoms with Crippen LogP contribution in [0.2, 0.25) is 0 Å². The quantitative estimate of drug-likeness (QED) is 0.623. The number of halogens is 1. The maximum atomic E-state index is 13.6. The molecular formula is C12H15FN2O5S. The Morgan fingerprint density at radius 2 is 1.90 bits per heavy atom. The minimum Gasteiger partial charge on any atom is -0.373 e. The number of rotatable bonds is 3. The van der Waals surface area contributed by atoms with Crippen LogP contribution in [0, 0.1) is 15.9 Å². The molecule has 0 N–H and O–H groups in total. The molecule has 0 unspecified atom stereocenters. The summed E-state index contributed by atoms with van der Waals surface area (Å²) in [5.41, 5.74) is -1.02. The van der Waals surface area contributed by atoms with Gasteiger partial charge in [0.1, 0.15) is 0 Å². The predicted molar refractivity (Wildman–Crippen MR) is 71.8 cm³/mol. The zero-order valence-corrected chi connectivity index (χ0v) is 12.3. The number of ether oxygens (including phenoxy) is 1. The van der Waals surface area contributed by atoms with Gasteiger partial charge < -0.3 is 4.74 Å². The second kappa shape index (κ2) is 5.66. The number of nitro groups is 1. The van der Waals surface area contributed by atoms with Crippen molar-refractivity contribution in [1.82, 2.24) is 4.31 Å². The van der Waals surface area contributed by atoms with E-state index < -0.39 is 31.3 Å². The number of para-hydroxylation sites is 1. The van der Waals surface area contributed by atoms with Crippen LogP contribution in [0.3, 0.4) is 0 Å². The van der Waals surface area contributed by atoms with Crippen LogP contribution in [-0.4, -0.2) is 42.9 Å². The van der Waals surface area contributed by atoms with E-state index in [0.717, 1.165) is 22.5 Å². The fraction of sp³-hybridized carbons (Fsp3) is 0.500. The van der Waals surface area contributed by atoms with Crippen molar-refractivity contribution >= 4 is 15.7 Å². The van der Waals surface area contributed by atoms with Crippen molar-refractivity contribution in [3.8, 4) is 0 Å². The third kappa shape index (κ3) is 3.04. The van der Waals surface area contributed by atoms with Gasteiger partial charge in [0.15, 0.2) is 4.90 Å². The van der Waals surface area contributed by atoms with Crippen molar-refractivity contribution in [2.75, 3.05) is 13.1 Å². The normalized spacial score (nSPS) is 24.0. The Bertz CT molecular complexity index is 654. The summed E-state index contributed by atoms with van der Waals surface area (Å²) in [7, 11) is -4.15. The first kappa shape index (κ1) is 15.8. The number of nitro benzene ring substituents is 1. The van der Waals surface area contributed by atoms with E-state index in [1.807, 2.05) is 0 Å². The molecule has 0 saturated carbocycles. The van der Waals surface area contributed by atoms with Crippen molar-refractivity contribution in [1.29, 1.82) is 0 Å². The lowest BCUT2D eigenvalue weighted by Gasteiger charge is -2.34.